The van der Waals surface area contributed by atoms with E-state index >= 15 is 0 Å². The monoisotopic (exact) mass is 264 g/mol. The topological polar surface area (TPSA) is 49.5 Å². The van der Waals surface area contributed by atoms with Gasteiger partial charge >= 0.3 is 0 Å². The molecule has 0 aliphatic carbocycles. The predicted octanol–water partition coefficient (Wildman–Crippen LogP) is 1.26. The summed E-state index contributed by atoms with van der Waals surface area (Å²) in [7, 11) is 0. The molecule has 1 fully saturated rings. The lowest BCUT2D eigenvalue weighted by Gasteiger charge is -2.30. The zero-order valence-electron chi connectivity index (χ0n) is 10.6. The largest absolute Gasteiger partial charge is 0.396 e. The van der Waals surface area contributed by atoms with E-state index in [1.165, 1.54) is 4.88 Å². The fraction of sp³-hybridized carbons (Fsp3) is 0.571. The average Bonchev–Trinajstić information content (AvgIpc) is 2.85. The van der Waals surface area contributed by atoms with E-state index in [2.05, 4.69) is 28.9 Å². The van der Waals surface area contributed by atoms with E-state index in [1.807, 2.05) is 0 Å². The molecule has 1 saturated heterocycles. The maximum absolute atomic E-state index is 9.11. The van der Waals surface area contributed by atoms with E-state index < -0.39 is 0 Å². The number of hydrogen-bond acceptors (Lipinski definition) is 4. The van der Waals surface area contributed by atoms with Crippen LogP contribution in [-0.4, -0.2) is 36.2 Å². The van der Waals surface area contributed by atoms with Gasteiger partial charge in [0.2, 0.25) is 0 Å². The summed E-state index contributed by atoms with van der Waals surface area (Å²) in [4.78, 5) is 4.91. The molecular weight excluding hydrogens is 244 g/mol. The van der Waals surface area contributed by atoms with Gasteiger partial charge in [-0.25, -0.2) is 0 Å². The number of hydrogen-bond donors (Lipinski definition) is 2. The molecule has 1 aromatic heterocycles. The molecule has 0 amide bonds. The number of likely N-dealkylation sites (tertiary alicyclic amines) is 1. The second-order valence-corrected chi connectivity index (χ2v) is 5.84. The Morgan fingerprint density at radius 3 is 2.83 bits per heavy atom. The summed E-state index contributed by atoms with van der Waals surface area (Å²) < 4.78 is 0. The van der Waals surface area contributed by atoms with Crippen molar-refractivity contribution < 1.29 is 5.11 Å². The van der Waals surface area contributed by atoms with Gasteiger partial charge in [-0.15, -0.1) is 11.3 Å². The lowest BCUT2D eigenvalue weighted by atomic mass is 9.98. The summed E-state index contributed by atoms with van der Waals surface area (Å²) in [5.41, 5.74) is 5.36. The van der Waals surface area contributed by atoms with Crippen LogP contribution in [0.5, 0.6) is 0 Å². The first-order chi connectivity index (χ1) is 8.81. The number of aliphatic hydroxyl groups is 1. The van der Waals surface area contributed by atoms with Crippen LogP contribution in [-0.2, 0) is 6.54 Å². The molecule has 1 aliphatic heterocycles. The standard InChI is InChI=1S/C14H20N2OS/c15-7-1-2-13-3-4-14(18-13)10-16-8-5-12(11-17)6-9-16/h3-4,12,17H,5-11,15H2. The Morgan fingerprint density at radius 1 is 1.39 bits per heavy atom. The van der Waals surface area contributed by atoms with Gasteiger partial charge in [0.1, 0.15) is 0 Å². The van der Waals surface area contributed by atoms with E-state index in [1.54, 1.807) is 11.3 Å². The van der Waals surface area contributed by atoms with Crippen LogP contribution in [0.4, 0.5) is 0 Å². The van der Waals surface area contributed by atoms with E-state index in [9.17, 15) is 0 Å². The molecule has 98 valence electrons. The maximum Gasteiger partial charge on any atom is 0.0772 e. The number of nitrogens with zero attached hydrogens (tertiary/aromatic N) is 1. The molecular formula is C14H20N2OS. The van der Waals surface area contributed by atoms with E-state index in [4.69, 9.17) is 10.8 Å². The third-order valence-electron chi connectivity index (χ3n) is 3.32. The lowest BCUT2D eigenvalue weighted by Crippen LogP contribution is -2.34. The quantitative estimate of drug-likeness (QED) is 0.808. The summed E-state index contributed by atoms with van der Waals surface area (Å²) in [6, 6.07) is 4.23. The highest BCUT2D eigenvalue weighted by atomic mass is 32.1. The van der Waals surface area contributed by atoms with E-state index in [-0.39, 0.29) is 0 Å². The van der Waals surface area contributed by atoms with Crippen molar-refractivity contribution in [1.29, 1.82) is 0 Å². The second-order valence-electron chi connectivity index (χ2n) is 4.67. The van der Waals surface area contributed by atoms with Crippen LogP contribution in [0.15, 0.2) is 12.1 Å². The highest BCUT2D eigenvalue weighted by Gasteiger charge is 2.18. The summed E-state index contributed by atoms with van der Waals surface area (Å²) in [6.45, 7) is 3.95. The van der Waals surface area contributed by atoms with Crippen molar-refractivity contribution in [2.24, 2.45) is 11.7 Å². The highest BCUT2D eigenvalue weighted by Crippen LogP contribution is 2.22. The minimum Gasteiger partial charge on any atom is -0.396 e. The summed E-state index contributed by atoms with van der Waals surface area (Å²) in [6.07, 6.45) is 2.23. The van der Waals surface area contributed by atoms with Crippen molar-refractivity contribution in [2.75, 3.05) is 26.2 Å². The van der Waals surface area contributed by atoms with Gasteiger partial charge in [0.15, 0.2) is 0 Å². The molecule has 0 aromatic carbocycles. The van der Waals surface area contributed by atoms with Crippen molar-refractivity contribution in [3.05, 3.63) is 21.9 Å². The van der Waals surface area contributed by atoms with Gasteiger partial charge in [-0.1, -0.05) is 11.8 Å². The number of nitrogens with two attached hydrogens (primary N) is 1. The number of rotatable bonds is 3. The molecule has 4 heteroatoms. The zero-order valence-corrected chi connectivity index (χ0v) is 11.4. The van der Waals surface area contributed by atoms with Crippen LogP contribution in [0.3, 0.4) is 0 Å². The van der Waals surface area contributed by atoms with Gasteiger partial charge in [0, 0.05) is 18.0 Å². The third-order valence-corrected chi connectivity index (χ3v) is 4.31. The summed E-state index contributed by atoms with van der Waals surface area (Å²) >= 11 is 1.75. The molecule has 0 unspecified atom stereocenters. The van der Waals surface area contributed by atoms with E-state index in [0.717, 1.165) is 37.4 Å². The minimum atomic E-state index is 0.339. The van der Waals surface area contributed by atoms with E-state index in [0.29, 0.717) is 19.1 Å². The van der Waals surface area contributed by atoms with Crippen LogP contribution >= 0.6 is 11.3 Å². The first-order valence-corrected chi connectivity index (χ1v) is 7.24. The Kier molecular flexibility index (Phi) is 5.21. The molecule has 0 radical (unpaired) electrons. The Hall–Kier alpha value is -0.860. The Balaban J connectivity index is 1.85. The first-order valence-electron chi connectivity index (χ1n) is 6.42. The van der Waals surface area contributed by atoms with Crippen LogP contribution in [0.25, 0.3) is 0 Å². The molecule has 0 spiro atoms. The molecule has 2 rings (SSSR count). The molecule has 1 aliphatic rings. The molecule has 3 N–H and O–H groups in total. The molecule has 1 aromatic rings. The summed E-state index contributed by atoms with van der Waals surface area (Å²) in [5.74, 6) is 6.46. The van der Waals surface area contributed by atoms with Crippen molar-refractivity contribution in [1.82, 2.24) is 4.90 Å². The zero-order chi connectivity index (χ0) is 12.8. The van der Waals surface area contributed by atoms with Crippen molar-refractivity contribution in [3.8, 4) is 11.8 Å². The fourth-order valence-electron chi connectivity index (χ4n) is 2.22. The number of thiophene rings is 1. The van der Waals surface area contributed by atoms with Crippen LogP contribution in [0.2, 0.25) is 0 Å². The smallest absolute Gasteiger partial charge is 0.0772 e. The van der Waals surface area contributed by atoms with Gasteiger partial charge in [-0.2, -0.15) is 0 Å². The molecule has 3 nitrogen and oxygen atoms in total. The Bertz CT molecular complexity index is 424. The number of aliphatic hydroxyl groups excluding tert-OH is 1. The Morgan fingerprint density at radius 2 is 2.17 bits per heavy atom. The molecule has 0 atom stereocenters. The second kappa shape index (κ2) is 6.91. The van der Waals surface area contributed by atoms with Gasteiger partial charge in [-0.05, 0) is 44.0 Å². The van der Waals surface area contributed by atoms with Crippen molar-refractivity contribution in [3.63, 3.8) is 0 Å². The molecule has 18 heavy (non-hydrogen) atoms. The maximum atomic E-state index is 9.11. The minimum absolute atomic E-state index is 0.339. The Labute approximate surface area is 113 Å². The van der Waals surface area contributed by atoms with Crippen LogP contribution in [0.1, 0.15) is 22.6 Å². The lowest BCUT2D eigenvalue weighted by molar-refractivity contribution is 0.128. The van der Waals surface area contributed by atoms with Gasteiger partial charge in [0.25, 0.3) is 0 Å². The van der Waals surface area contributed by atoms with Gasteiger partial charge < -0.3 is 10.8 Å². The average molecular weight is 264 g/mol. The van der Waals surface area contributed by atoms with Gasteiger partial charge in [-0.3, -0.25) is 4.90 Å². The molecule has 0 saturated carbocycles. The highest BCUT2D eigenvalue weighted by molar-refractivity contribution is 7.12. The molecule has 0 bridgehead atoms. The third kappa shape index (κ3) is 3.82. The van der Waals surface area contributed by atoms with Crippen molar-refractivity contribution in [2.45, 2.75) is 19.4 Å². The molecule has 2 heterocycles. The first kappa shape index (κ1) is 13.6. The van der Waals surface area contributed by atoms with Crippen molar-refractivity contribution >= 4 is 11.3 Å². The fourth-order valence-corrected chi connectivity index (χ4v) is 3.14. The SMILES string of the molecule is NCC#Cc1ccc(CN2CCC(CO)CC2)s1. The summed E-state index contributed by atoms with van der Waals surface area (Å²) in [5, 5.41) is 9.11. The van der Waals surface area contributed by atoms with Crippen LogP contribution < -0.4 is 5.73 Å². The van der Waals surface area contributed by atoms with Crippen LogP contribution in [0, 0.1) is 17.8 Å². The number of piperidine rings is 1. The van der Waals surface area contributed by atoms with Gasteiger partial charge in [0.05, 0.1) is 11.4 Å². The normalized spacial score (nSPS) is 17.4. The predicted molar refractivity (Wildman–Crippen MR) is 75.3 cm³/mol.